The zero-order valence-electron chi connectivity index (χ0n) is 18.0. The van der Waals surface area contributed by atoms with E-state index in [4.69, 9.17) is 9.84 Å². The number of amides is 2. The summed E-state index contributed by atoms with van der Waals surface area (Å²) in [6.45, 7) is 5.18. The third-order valence-corrected chi connectivity index (χ3v) is 5.27. The maximum atomic E-state index is 12.3. The fourth-order valence-corrected chi connectivity index (χ4v) is 4.02. The number of rotatable bonds is 8. The molecule has 0 aliphatic heterocycles. The van der Waals surface area contributed by atoms with E-state index in [0.717, 1.165) is 22.3 Å². The minimum atomic E-state index is -0.991. The molecule has 0 radical (unpaired) electrons. The molecule has 0 aromatic heterocycles. The number of carbonyl (C=O) groups is 3. The van der Waals surface area contributed by atoms with Gasteiger partial charge < -0.3 is 20.5 Å². The quantitative estimate of drug-likeness (QED) is 0.600. The van der Waals surface area contributed by atoms with Crippen LogP contribution >= 0.6 is 0 Å². The first-order valence-electron chi connectivity index (χ1n) is 10.3. The Morgan fingerprint density at radius 1 is 1.03 bits per heavy atom. The third kappa shape index (κ3) is 5.63. The maximum Gasteiger partial charge on any atom is 0.407 e. The zero-order chi connectivity index (χ0) is 22.6. The van der Waals surface area contributed by atoms with Crippen molar-refractivity contribution in [2.24, 2.45) is 0 Å². The fraction of sp³-hybridized carbons (Fsp3) is 0.375. The first-order valence-corrected chi connectivity index (χ1v) is 10.3. The Kier molecular flexibility index (Phi) is 6.63. The van der Waals surface area contributed by atoms with Gasteiger partial charge in [0.05, 0.1) is 6.42 Å². The molecule has 3 N–H and O–H groups in total. The molecule has 0 saturated carbocycles. The summed E-state index contributed by atoms with van der Waals surface area (Å²) in [7, 11) is 0. The molecule has 0 spiro atoms. The number of fused-ring (bicyclic) bond motifs is 3. The van der Waals surface area contributed by atoms with Gasteiger partial charge in [0.2, 0.25) is 5.91 Å². The number of ether oxygens (including phenoxy) is 1. The molecule has 1 aliphatic rings. The third-order valence-electron chi connectivity index (χ3n) is 5.27. The van der Waals surface area contributed by atoms with Crippen LogP contribution in [0.2, 0.25) is 0 Å². The number of aliphatic carboxylic acids is 1. The van der Waals surface area contributed by atoms with Crippen molar-refractivity contribution in [3.8, 4) is 11.1 Å². The predicted molar refractivity (Wildman–Crippen MR) is 117 cm³/mol. The van der Waals surface area contributed by atoms with Gasteiger partial charge in [0.15, 0.2) is 0 Å². The number of carbonyl (C=O) groups excluding carboxylic acids is 2. The van der Waals surface area contributed by atoms with Crippen LogP contribution in [0, 0.1) is 0 Å². The van der Waals surface area contributed by atoms with E-state index in [1.165, 1.54) is 0 Å². The van der Waals surface area contributed by atoms with Gasteiger partial charge >= 0.3 is 12.1 Å². The van der Waals surface area contributed by atoms with Crippen molar-refractivity contribution in [1.82, 2.24) is 10.6 Å². The summed E-state index contributed by atoms with van der Waals surface area (Å²) in [5.41, 5.74) is 3.70. The Morgan fingerprint density at radius 3 is 2.13 bits per heavy atom. The van der Waals surface area contributed by atoms with Gasteiger partial charge in [-0.1, -0.05) is 48.5 Å². The second kappa shape index (κ2) is 9.20. The Hall–Kier alpha value is -3.35. The molecule has 2 aromatic rings. The van der Waals surface area contributed by atoms with Crippen LogP contribution in [0.5, 0.6) is 0 Å². The van der Waals surface area contributed by atoms with Crippen molar-refractivity contribution in [2.45, 2.75) is 51.1 Å². The number of carboxylic acids is 1. The van der Waals surface area contributed by atoms with Gasteiger partial charge in [-0.3, -0.25) is 9.59 Å². The minimum Gasteiger partial charge on any atom is -0.481 e. The summed E-state index contributed by atoms with van der Waals surface area (Å²) in [5.74, 6) is -1.36. The molecule has 31 heavy (non-hydrogen) atoms. The first kappa shape index (κ1) is 22.3. The lowest BCUT2D eigenvalue weighted by molar-refractivity contribution is -0.138. The topological polar surface area (TPSA) is 105 Å². The van der Waals surface area contributed by atoms with Gasteiger partial charge in [-0.2, -0.15) is 0 Å². The summed E-state index contributed by atoms with van der Waals surface area (Å²) in [5, 5.41) is 14.3. The van der Waals surface area contributed by atoms with E-state index in [2.05, 4.69) is 22.8 Å². The van der Waals surface area contributed by atoms with Crippen LogP contribution in [-0.2, 0) is 14.3 Å². The van der Waals surface area contributed by atoms with Gasteiger partial charge in [-0.25, -0.2) is 4.79 Å². The van der Waals surface area contributed by atoms with Crippen LogP contribution in [0.15, 0.2) is 48.5 Å². The molecule has 7 heteroatoms. The van der Waals surface area contributed by atoms with Gasteiger partial charge in [0, 0.05) is 23.9 Å². The van der Waals surface area contributed by atoms with Crippen LogP contribution in [0.4, 0.5) is 4.79 Å². The summed E-state index contributed by atoms with van der Waals surface area (Å²) < 4.78 is 5.49. The standard InChI is InChI=1S/C24H28N2O5/c1-15(12-21(27)26-24(2,3)13-22(28)29)25-23(30)31-14-20-18-10-6-4-8-16(18)17-9-5-7-11-19(17)20/h4-11,15,20H,12-14H2,1-3H3,(H,25,30)(H,26,27)(H,28,29)/t15-/m1/s1. The number of hydrogen-bond donors (Lipinski definition) is 3. The van der Waals surface area contributed by atoms with Gasteiger partial charge in [-0.15, -0.1) is 0 Å². The summed E-state index contributed by atoms with van der Waals surface area (Å²) >= 11 is 0. The highest BCUT2D eigenvalue weighted by atomic mass is 16.5. The van der Waals surface area contributed by atoms with Crippen molar-refractivity contribution < 1.29 is 24.2 Å². The molecule has 164 valence electrons. The van der Waals surface area contributed by atoms with E-state index >= 15 is 0 Å². The Morgan fingerprint density at radius 2 is 1.58 bits per heavy atom. The van der Waals surface area contributed by atoms with E-state index in [1.807, 2.05) is 36.4 Å². The molecule has 3 rings (SSSR count). The second-order valence-electron chi connectivity index (χ2n) is 8.58. The molecule has 0 saturated heterocycles. The minimum absolute atomic E-state index is 0.0211. The van der Waals surface area contributed by atoms with Crippen molar-refractivity contribution in [3.63, 3.8) is 0 Å². The van der Waals surface area contributed by atoms with Crippen molar-refractivity contribution in [1.29, 1.82) is 0 Å². The van der Waals surface area contributed by atoms with Crippen molar-refractivity contribution >= 4 is 18.0 Å². The molecule has 7 nitrogen and oxygen atoms in total. The highest BCUT2D eigenvalue weighted by molar-refractivity contribution is 5.80. The molecule has 2 aromatic carbocycles. The van der Waals surface area contributed by atoms with Crippen molar-refractivity contribution in [3.05, 3.63) is 59.7 Å². The van der Waals surface area contributed by atoms with E-state index in [0.29, 0.717) is 0 Å². The Labute approximate surface area is 181 Å². The van der Waals surface area contributed by atoms with E-state index in [-0.39, 0.29) is 31.3 Å². The van der Waals surface area contributed by atoms with Gasteiger partial charge in [-0.05, 0) is 43.0 Å². The van der Waals surface area contributed by atoms with Crippen LogP contribution in [-0.4, -0.2) is 41.3 Å². The monoisotopic (exact) mass is 424 g/mol. The molecule has 0 fully saturated rings. The molecule has 1 aliphatic carbocycles. The molecule has 2 amide bonds. The Bertz CT molecular complexity index is 940. The molecule has 0 heterocycles. The van der Waals surface area contributed by atoms with Crippen LogP contribution in [0.1, 0.15) is 50.7 Å². The molecule has 0 bridgehead atoms. The molecule has 0 unspecified atom stereocenters. The van der Waals surface area contributed by atoms with Crippen LogP contribution in [0.25, 0.3) is 11.1 Å². The van der Waals surface area contributed by atoms with E-state index < -0.39 is 23.6 Å². The maximum absolute atomic E-state index is 12.3. The lowest BCUT2D eigenvalue weighted by atomic mass is 9.98. The highest BCUT2D eigenvalue weighted by Gasteiger charge is 2.29. The smallest absolute Gasteiger partial charge is 0.407 e. The second-order valence-corrected chi connectivity index (χ2v) is 8.58. The van der Waals surface area contributed by atoms with Gasteiger partial charge in [0.25, 0.3) is 0 Å². The highest BCUT2D eigenvalue weighted by Crippen LogP contribution is 2.44. The summed E-state index contributed by atoms with van der Waals surface area (Å²) in [6, 6.07) is 15.7. The largest absolute Gasteiger partial charge is 0.481 e. The zero-order valence-corrected chi connectivity index (χ0v) is 18.0. The first-order chi connectivity index (χ1) is 14.7. The average Bonchev–Trinajstić information content (AvgIpc) is 2.98. The Balaban J connectivity index is 1.53. The number of hydrogen-bond acceptors (Lipinski definition) is 4. The van der Waals surface area contributed by atoms with E-state index in [9.17, 15) is 14.4 Å². The van der Waals surface area contributed by atoms with Crippen LogP contribution in [0.3, 0.4) is 0 Å². The normalized spacial score (nSPS) is 13.6. The molecular formula is C24H28N2O5. The lowest BCUT2D eigenvalue weighted by Gasteiger charge is -2.25. The summed E-state index contributed by atoms with van der Waals surface area (Å²) in [4.78, 5) is 35.4. The van der Waals surface area contributed by atoms with Gasteiger partial charge in [0.1, 0.15) is 6.61 Å². The van der Waals surface area contributed by atoms with Crippen LogP contribution < -0.4 is 10.6 Å². The number of benzene rings is 2. The molecule has 1 atom stereocenters. The van der Waals surface area contributed by atoms with Crippen molar-refractivity contribution in [2.75, 3.05) is 6.61 Å². The predicted octanol–water partition coefficient (Wildman–Crippen LogP) is 3.67. The lowest BCUT2D eigenvalue weighted by Crippen LogP contribution is -2.47. The number of nitrogens with one attached hydrogen (secondary N) is 2. The fourth-order valence-electron chi connectivity index (χ4n) is 4.02. The number of alkyl carbamates (subject to hydrolysis) is 1. The number of carboxylic acid groups (broad SMARTS) is 1. The SMILES string of the molecule is C[C@H](CC(=O)NC(C)(C)CC(=O)O)NC(=O)OCC1c2ccccc2-c2ccccc21. The summed E-state index contributed by atoms with van der Waals surface area (Å²) in [6.07, 6.45) is -0.757. The van der Waals surface area contributed by atoms with E-state index in [1.54, 1.807) is 20.8 Å². The molecular weight excluding hydrogens is 396 g/mol. The average molecular weight is 424 g/mol.